The molecule has 3 rings (SSSR count). The highest BCUT2D eigenvalue weighted by atomic mass is 15.0. The van der Waals surface area contributed by atoms with Crippen LogP contribution in [0.15, 0.2) is 48.8 Å². The van der Waals surface area contributed by atoms with Crippen molar-refractivity contribution in [3.63, 3.8) is 0 Å². The van der Waals surface area contributed by atoms with Gasteiger partial charge in [-0.25, -0.2) is 4.98 Å². The minimum atomic E-state index is 0.531. The second kappa shape index (κ2) is 4.27. The average molecular weight is 237 g/mol. The van der Waals surface area contributed by atoms with Crippen LogP contribution in [0, 0.1) is 6.92 Å². The summed E-state index contributed by atoms with van der Waals surface area (Å²) in [5.74, 6) is 0. The van der Waals surface area contributed by atoms with E-state index in [9.17, 15) is 0 Å². The van der Waals surface area contributed by atoms with Crippen molar-refractivity contribution in [2.45, 2.75) is 13.5 Å². The van der Waals surface area contributed by atoms with Gasteiger partial charge in [-0.1, -0.05) is 29.8 Å². The lowest BCUT2D eigenvalue weighted by atomic mass is 10.1. The number of hydrogen-bond acceptors (Lipinski definition) is 2. The molecule has 0 aliphatic rings. The molecule has 0 radical (unpaired) electrons. The van der Waals surface area contributed by atoms with Crippen LogP contribution in [0.4, 0.5) is 0 Å². The number of fused-ring (bicyclic) bond motifs is 1. The fourth-order valence-electron chi connectivity index (χ4n) is 2.26. The van der Waals surface area contributed by atoms with Crippen molar-refractivity contribution in [2.24, 2.45) is 5.73 Å². The van der Waals surface area contributed by atoms with E-state index in [-0.39, 0.29) is 0 Å². The first-order chi connectivity index (χ1) is 8.79. The first kappa shape index (κ1) is 11.0. The highest BCUT2D eigenvalue weighted by Gasteiger charge is 2.07. The zero-order valence-corrected chi connectivity index (χ0v) is 10.3. The van der Waals surface area contributed by atoms with Crippen LogP contribution in [0.25, 0.3) is 16.7 Å². The Bertz CT molecular complexity index is 698. The molecule has 0 spiro atoms. The number of rotatable bonds is 2. The van der Waals surface area contributed by atoms with Crippen molar-refractivity contribution in [1.29, 1.82) is 0 Å². The maximum atomic E-state index is 5.84. The van der Waals surface area contributed by atoms with Crippen LogP contribution < -0.4 is 5.73 Å². The van der Waals surface area contributed by atoms with Gasteiger partial charge in [0.15, 0.2) is 0 Å². The van der Waals surface area contributed by atoms with Crippen LogP contribution >= 0.6 is 0 Å². The number of nitrogens with zero attached hydrogens (tertiary/aromatic N) is 2. The standard InChI is InChI=1S/C15H15N3/c1-11-6-7-14(12(8-11)9-16)18-10-17-13-4-2-3-5-15(13)18/h2-8,10H,9,16H2,1H3. The molecule has 0 unspecified atom stereocenters. The van der Waals surface area contributed by atoms with Gasteiger partial charge in [-0.3, -0.25) is 4.57 Å². The molecule has 0 saturated carbocycles. The van der Waals surface area contributed by atoms with Crippen LogP contribution in [-0.4, -0.2) is 9.55 Å². The highest BCUT2D eigenvalue weighted by molar-refractivity contribution is 5.77. The summed E-state index contributed by atoms with van der Waals surface area (Å²) in [4.78, 5) is 4.42. The number of benzene rings is 2. The number of imidazole rings is 1. The van der Waals surface area contributed by atoms with Crippen LogP contribution in [0.2, 0.25) is 0 Å². The van der Waals surface area contributed by atoms with E-state index in [0.717, 1.165) is 22.3 Å². The zero-order valence-electron chi connectivity index (χ0n) is 10.3. The highest BCUT2D eigenvalue weighted by Crippen LogP contribution is 2.21. The first-order valence-electron chi connectivity index (χ1n) is 6.01. The van der Waals surface area contributed by atoms with Gasteiger partial charge >= 0.3 is 0 Å². The van der Waals surface area contributed by atoms with Crippen LogP contribution in [0.5, 0.6) is 0 Å². The summed E-state index contributed by atoms with van der Waals surface area (Å²) < 4.78 is 2.09. The molecule has 0 amide bonds. The Morgan fingerprint density at radius 3 is 2.83 bits per heavy atom. The van der Waals surface area contributed by atoms with E-state index in [2.05, 4.69) is 40.7 Å². The second-order valence-electron chi connectivity index (χ2n) is 4.44. The zero-order chi connectivity index (χ0) is 12.5. The summed E-state index contributed by atoms with van der Waals surface area (Å²) in [5.41, 5.74) is 11.4. The van der Waals surface area contributed by atoms with Crippen molar-refractivity contribution >= 4 is 11.0 Å². The lowest BCUT2D eigenvalue weighted by Crippen LogP contribution is -2.04. The van der Waals surface area contributed by atoms with E-state index in [1.807, 2.05) is 24.5 Å². The molecular formula is C15H15N3. The summed E-state index contributed by atoms with van der Waals surface area (Å²) in [6, 6.07) is 14.4. The first-order valence-corrected chi connectivity index (χ1v) is 6.01. The Morgan fingerprint density at radius 2 is 2.00 bits per heavy atom. The molecule has 3 nitrogen and oxygen atoms in total. The van der Waals surface area contributed by atoms with Crippen molar-refractivity contribution in [2.75, 3.05) is 0 Å². The number of hydrogen-bond donors (Lipinski definition) is 1. The van der Waals surface area contributed by atoms with Crippen LogP contribution in [-0.2, 0) is 6.54 Å². The molecule has 0 bridgehead atoms. The largest absolute Gasteiger partial charge is 0.326 e. The lowest BCUT2D eigenvalue weighted by molar-refractivity contribution is 0.996. The van der Waals surface area contributed by atoms with Crippen molar-refractivity contribution in [3.8, 4) is 5.69 Å². The Labute approximate surface area is 106 Å². The van der Waals surface area contributed by atoms with Crippen molar-refractivity contribution in [1.82, 2.24) is 9.55 Å². The molecular weight excluding hydrogens is 222 g/mol. The molecule has 90 valence electrons. The molecule has 3 heteroatoms. The summed E-state index contributed by atoms with van der Waals surface area (Å²) in [5, 5.41) is 0. The number of aromatic nitrogens is 2. The van der Waals surface area contributed by atoms with Crippen LogP contribution in [0.3, 0.4) is 0 Å². The fourth-order valence-corrected chi connectivity index (χ4v) is 2.26. The summed E-state index contributed by atoms with van der Waals surface area (Å²) in [6.45, 7) is 2.61. The predicted molar refractivity (Wildman–Crippen MR) is 73.7 cm³/mol. The average Bonchev–Trinajstić information content (AvgIpc) is 2.82. The van der Waals surface area contributed by atoms with E-state index in [1.54, 1.807) is 0 Å². The van der Waals surface area contributed by atoms with Gasteiger partial charge in [-0.15, -0.1) is 0 Å². The molecule has 0 atom stereocenters. The monoisotopic (exact) mass is 237 g/mol. The van der Waals surface area contributed by atoms with Crippen molar-refractivity contribution in [3.05, 3.63) is 59.9 Å². The molecule has 0 fully saturated rings. The van der Waals surface area contributed by atoms with Gasteiger partial charge in [0.2, 0.25) is 0 Å². The third kappa shape index (κ3) is 1.69. The maximum absolute atomic E-state index is 5.84. The summed E-state index contributed by atoms with van der Waals surface area (Å²) in [7, 11) is 0. The lowest BCUT2D eigenvalue weighted by Gasteiger charge is -2.10. The molecule has 18 heavy (non-hydrogen) atoms. The molecule has 2 N–H and O–H groups in total. The summed E-state index contributed by atoms with van der Waals surface area (Å²) >= 11 is 0. The van der Waals surface area contributed by atoms with E-state index >= 15 is 0 Å². The van der Waals surface area contributed by atoms with E-state index in [4.69, 9.17) is 5.73 Å². The maximum Gasteiger partial charge on any atom is 0.100 e. The van der Waals surface area contributed by atoms with E-state index in [1.165, 1.54) is 5.56 Å². The van der Waals surface area contributed by atoms with Gasteiger partial charge in [-0.05, 0) is 30.7 Å². The Kier molecular flexibility index (Phi) is 2.61. The fraction of sp³-hybridized carbons (Fsp3) is 0.133. The minimum Gasteiger partial charge on any atom is -0.326 e. The van der Waals surface area contributed by atoms with Gasteiger partial charge in [0.05, 0.1) is 16.7 Å². The normalized spacial score (nSPS) is 11.0. The molecule has 0 aliphatic heterocycles. The number of aryl methyl sites for hydroxylation is 1. The number of nitrogens with two attached hydrogens (primary N) is 1. The quantitative estimate of drug-likeness (QED) is 0.744. The molecule has 1 aromatic heterocycles. The topological polar surface area (TPSA) is 43.8 Å². The molecule has 1 heterocycles. The molecule has 0 aliphatic carbocycles. The Balaban J connectivity index is 2.26. The van der Waals surface area contributed by atoms with E-state index in [0.29, 0.717) is 6.54 Å². The van der Waals surface area contributed by atoms with Crippen LogP contribution in [0.1, 0.15) is 11.1 Å². The molecule has 2 aromatic carbocycles. The Hall–Kier alpha value is -2.13. The molecule has 0 saturated heterocycles. The summed E-state index contributed by atoms with van der Waals surface area (Å²) in [6.07, 6.45) is 1.86. The SMILES string of the molecule is Cc1ccc(-n2cnc3ccccc32)c(CN)c1. The van der Waals surface area contributed by atoms with Crippen molar-refractivity contribution < 1.29 is 0 Å². The third-order valence-electron chi connectivity index (χ3n) is 3.17. The predicted octanol–water partition coefficient (Wildman–Crippen LogP) is 2.79. The van der Waals surface area contributed by atoms with Gasteiger partial charge < -0.3 is 5.73 Å². The van der Waals surface area contributed by atoms with Gasteiger partial charge in [0, 0.05) is 6.54 Å². The minimum absolute atomic E-state index is 0.531. The smallest absolute Gasteiger partial charge is 0.100 e. The Morgan fingerprint density at radius 1 is 1.17 bits per heavy atom. The van der Waals surface area contributed by atoms with Gasteiger partial charge in [0.1, 0.15) is 6.33 Å². The van der Waals surface area contributed by atoms with Gasteiger partial charge in [0.25, 0.3) is 0 Å². The molecule has 3 aromatic rings. The second-order valence-corrected chi connectivity index (χ2v) is 4.44. The van der Waals surface area contributed by atoms with E-state index < -0.39 is 0 Å². The van der Waals surface area contributed by atoms with Gasteiger partial charge in [-0.2, -0.15) is 0 Å². The third-order valence-corrected chi connectivity index (χ3v) is 3.17. The number of para-hydroxylation sites is 2.